The van der Waals surface area contributed by atoms with Crippen molar-refractivity contribution in [1.29, 1.82) is 0 Å². The number of anilines is 1. The lowest BCUT2D eigenvalue weighted by molar-refractivity contribution is 0.0937. The van der Waals surface area contributed by atoms with Crippen LogP contribution in [0.5, 0.6) is 0 Å². The van der Waals surface area contributed by atoms with E-state index in [1.165, 1.54) is 12.8 Å². The number of hydrogen-bond acceptors (Lipinski definition) is 4. The van der Waals surface area contributed by atoms with Gasteiger partial charge in [-0.2, -0.15) is 0 Å². The molecule has 0 saturated carbocycles. The highest BCUT2D eigenvalue weighted by molar-refractivity contribution is 5.95. The Bertz CT molecular complexity index is 412. The normalized spacial score (nSPS) is 12.0. The molecule has 0 aromatic carbocycles. The third-order valence-corrected chi connectivity index (χ3v) is 3.27. The van der Waals surface area contributed by atoms with E-state index in [1.807, 2.05) is 19.9 Å². The fraction of sp³-hybridized carbons (Fsp3) is 0.600. The molecule has 1 aromatic rings. The number of carbonyl (C=O) groups is 1. The summed E-state index contributed by atoms with van der Waals surface area (Å²) in [7, 11) is 0. The Morgan fingerprint density at radius 2 is 2.10 bits per heavy atom. The summed E-state index contributed by atoms with van der Waals surface area (Å²) in [6.45, 7) is 6.21. The van der Waals surface area contributed by atoms with Crippen LogP contribution in [0.1, 0.15) is 62.5 Å². The molecule has 1 rings (SSSR count). The van der Waals surface area contributed by atoms with Gasteiger partial charge in [-0.3, -0.25) is 4.79 Å². The molecule has 0 saturated heterocycles. The van der Waals surface area contributed by atoms with Crippen LogP contribution in [0, 0.1) is 0 Å². The van der Waals surface area contributed by atoms with E-state index in [9.17, 15) is 4.79 Å². The van der Waals surface area contributed by atoms with Gasteiger partial charge in [-0.15, -0.1) is 0 Å². The molecule has 1 amide bonds. The van der Waals surface area contributed by atoms with Crippen LogP contribution in [-0.4, -0.2) is 16.9 Å². The Kier molecular flexibility index (Phi) is 7.01. The third kappa shape index (κ3) is 5.17. The van der Waals surface area contributed by atoms with Gasteiger partial charge in [0.25, 0.3) is 5.91 Å². The van der Waals surface area contributed by atoms with Crippen molar-refractivity contribution in [3.63, 3.8) is 0 Å². The van der Waals surface area contributed by atoms with Crippen molar-refractivity contribution in [3.8, 4) is 0 Å². The Morgan fingerprint density at radius 3 is 2.70 bits per heavy atom. The van der Waals surface area contributed by atoms with Crippen LogP contribution in [0.3, 0.4) is 0 Å². The van der Waals surface area contributed by atoms with Gasteiger partial charge in [0.1, 0.15) is 5.82 Å². The molecule has 4 N–H and O–H groups in total. The molecule has 5 nitrogen and oxygen atoms in total. The molecule has 20 heavy (non-hydrogen) atoms. The first-order chi connectivity index (χ1) is 9.60. The number of hydrazine groups is 1. The molecular formula is C15H26N4O. The number of unbranched alkanes of at least 4 members (excludes halogenated alkanes) is 2. The number of aryl methyl sites for hydroxylation is 1. The molecule has 1 heterocycles. The summed E-state index contributed by atoms with van der Waals surface area (Å²) in [5, 5.41) is 3.02. The monoisotopic (exact) mass is 278 g/mol. The van der Waals surface area contributed by atoms with Gasteiger partial charge in [0.2, 0.25) is 0 Å². The minimum Gasteiger partial charge on any atom is -0.350 e. The molecule has 0 aliphatic rings. The number of carbonyl (C=O) groups excluding carboxylic acids is 1. The zero-order chi connectivity index (χ0) is 15.0. The van der Waals surface area contributed by atoms with Crippen molar-refractivity contribution in [2.75, 3.05) is 5.43 Å². The number of nitrogen functional groups attached to an aromatic ring is 1. The molecule has 0 spiro atoms. The SMILES string of the molecule is CCCCCC(C)NC(=O)c1cc(CC)nc(NN)c1. The quantitative estimate of drug-likeness (QED) is 0.388. The molecule has 1 atom stereocenters. The van der Waals surface area contributed by atoms with Gasteiger partial charge in [0.05, 0.1) is 0 Å². The third-order valence-electron chi connectivity index (χ3n) is 3.27. The first kappa shape index (κ1) is 16.4. The largest absolute Gasteiger partial charge is 0.350 e. The van der Waals surface area contributed by atoms with E-state index in [2.05, 4.69) is 22.7 Å². The van der Waals surface area contributed by atoms with E-state index < -0.39 is 0 Å². The lowest BCUT2D eigenvalue weighted by Gasteiger charge is -2.14. The van der Waals surface area contributed by atoms with Gasteiger partial charge >= 0.3 is 0 Å². The summed E-state index contributed by atoms with van der Waals surface area (Å²) in [6, 6.07) is 3.67. The highest BCUT2D eigenvalue weighted by Gasteiger charge is 2.12. The standard InChI is InChI=1S/C15H26N4O/c1-4-6-7-8-11(3)17-15(20)12-9-13(5-2)18-14(10-12)19-16/h9-11H,4-8,16H2,1-3H3,(H,17,20)(H,18,19). The highest BCUT2D eigenvalue weighted by Crippen LogP contribution is 2.11. The Morgan fingerprint density at radius 1 is 1.35 bits per heavy atom. The van der Waals surface area contributed by atoms with Crippen molar-refractivity contribution in [2.45, 2.75) is 58.9 Å². The van der Waals surface area contributed by atoms with Crippen LogP contribution in [-0.2, 0) is 6.42 Å². The predicted molar refractivity (Wildman–Crippen MR) is 82.5 cm³/mol. The molecule has 0 aliphatic carbocycles. The van der Waals surface area contributed by atoms with Crippen LogP contribution in [0.2, 0.25) is 0 Å². The molecule has 1 unspecified atom stereocenters. The number of nitrogens with one attached hydrogen (secondary N) is 2. The lowest BCUT2D eigenvalue weighted by Crippen LogP contribution is -2.32. The second-order valence-electron chi connectivity index (χ2n) is 5.10. The molecular weight excluding hydrogens is 252 g/mol. The number of nitrogens with two attached hydrogens (primary N) is 1. The molecule has 5 heteroatoms. The van der Waals surface area contributed by atoms with Gasteiger partial charge in [0, 0.05) is 17.3 Å². The maximum absolute atomic E-state index is 12.2. The highest BCUT2D eigenvalue weighted by atomic mass is 16.1. The number of hydrogen-bond donors (Lipinski definition) is 3. The van der Waals surface area contributed by atoms with Crippen molar-refractivity contribution in [1.82, 2.24) is 10.3 Å². The fourth-order valence-corrected chi connectivity index (χ4v) is 2.05. The Balaban J connectivity index is 2.66. The first-order valence-corrected chi connectivity index (χ1v) is 7.39. The van der Waals surface area contributed by atoms with Crippen LogP contribution in [0.25, 0.3) is 0 Å². The topological polar surface area (TPSA) is 80.0 Å². The summed E-state index contributed by atoms with van der Waals surface area (Å²) in [4.78, 5) is 16.5. The van der Waals surface area contributed by atoms with E-state index in [0.29, 0.717) is 11.4 Å². The minimum atomic E-state index is -0.0670. The van der Waals surface area contributed by atoms with Crippen molar-refractivity contribution in [2.24, 2.45) is 5.84 Å². The van der Waals surface area contributed by atoms with Crippen LogP contribution < -0.4 is 16.6 Å². The number of rotatable bonds is 8. The molecule has 0 aliphatic heterocycles. The average Bonchev–Trinajstić information content (AvgIpc) is 2.46. The second-order valence-corrected chi connectivity index (χ2v) is 5.10. The number of amides is 1. The Hall–Kier alpha value is -1.62. The smallest absolute Gasteiger partial charge is 0.251 e. The van der Waals surface area contributed by atoms with Crippen LogP contribution >= 0.6 is 0 Å². The van der Waals surface area contributed by atoms with E-state index in [0.717, 1.165) is 25.0 Å². The Labute approximate surface area is 121 Å². The molecule has 112 valence electrons. The number of aromatic nitrogens is 1. The van der Waals surface area contributed by atoms with E-state index in [1.54, 1.807) is 6.07 Å². The van der Waals surface area contributed by atoms with Gasteiger partial charge < -0.3 is 10.7 Å². The van der Waals surface area contributed by atoms with Crippen LogP contribution in [0.15, 0.2) is 12.1 Å². The van der Waals surface area contributed by atoms with Gasteiger partial charge in [0.15, 0.2) is 0 Å². The van der Waals surface area contributed by atoms with E-state index in [-0.39, 0.29) is 11.9 Å². The zero-order valence-electron chi connectivity index (χ0n) is 12.7. The van der Waals surface area contributed by atoms with E-state index in [4.69, 9.17) is 5.84 Å². The van der Waals surface area contributed by atoms with Crippen LogP contribution in [0.4, 0.5) is 5.82 Å². The summed E-state index contributed by atoms with van der Waals surface area (Å²) >= 11 is 0. The second kappa shape index (κ2) is 8.53. The van der Waals surface area contributed by atoms with Crippen molar-refractivity contribution < 1.29 is 4.79 Å². The minimum absolute atomic E-state index is 0.0670. The van der Waals surface area contributed by atoms with Crippen molar-refractivity contribution in [3.05, 3.63) is 23.4 Å². The predicted octanol–water partition coefficient (Wildman–Crippen LogP) is 2.63. The maximum atomic E-state index is 12.2. The molecule has 0 bridgehead atoms. The number of nitrogens with zero attached hydrogens (tertiary/aromatic N) is 1. The van der Waals surface area contributed by atoms with Gasteiger partial charge in [-0.1, -0.05) is 33.1 Å². The number of pyridine rings is 1. The maximum Gasteiger partial charge on any atom is 0.251 e. The average molecular weight is 278 g/mol. The summed E-state index contributed by atoms with van der Waals surface area (Å²) in [5.74, 6) is 5.83. The zero-order valence-corrected chi connectivity index (χ0v) is 12.7. The lowest BCUT2D eigenvalue weighted by atomic mass is 10.1. The summed E-state index contributed by atoms with van der Waals surface area (Å²) < 4.78 is 0. The van der Waals surface area contributed by atoms with E-state index >= 15 is 0 Å². The fourth-order valence-electron chi connectivity index (χ4n) is 2.05. The molecule has 1 aromatic heterocycles. The first-order valence-electron chi connectivity index (χ1n) is 7.39. The van der Waals surface area contributed by atoms with Gasteiger partial charge in [-0.25, -0.2) is 10.8 Å². The van der Waals surface area contributed by atoms with Crippen molar-refractivity contribution >= 4 is 11.7 Å². The summed E-state index contributed by atoms with van der Waals surface area (Å²) in [6.07, 6.45) is 5.31. The van der Waals surface area contributed by atoms with Gasteiger partial charge in [-0.05, 0) is 31.9 Å². The molecule has 0 radical (unpaired) electrons. The summed E-state index contributed by atoms with van der Waals surface area (Å²) in [5.41, 5.74) is 3.96. The molecule has 0 fully saturated rings.